The van der Waals surface area contributed by atoms with Crippen molar-refractivity contribution in [1.82, 2.24) is 9.55 Å². The number of rotatable bonds is 7. The molecule has 1 atom stereocenters. The van der Waals surface area contributed by atoms with Gasteiger partial charge in [-0.2, -0.15) is 0 Å². The molecule has 0 spiro atoms. The number of nitrogens with one attached hydrogen (secondary N) is 1. The Bertz CT molecular complexity index is 989. The number of aromatic nitrogens is 2. The molecule has 5 nitrogen and oxygen atoms in total. The summed E-state index contributed by atoms with van der Waals surface area (Å²) in [7, 11) is 0. The highest BCUT2D eigenvalue weighted by Crippen LogP contribution is 2.23. The van der Waals surface area contributed by atoms with Gasteiger partial charge in [0.2, 0.25) is 0 Å². The molecule has 1 aliphatic rings. The molecule has 2 aromatic heterocycles. The fourth-order valence-corrected chi connectivity index (χ4v) is 4.10. The highest BCUT2D eigenvalue weighted by atomic mass is 32.2. The maximum atomic E-state index is 12.1. The minimum absolute atomic E-state index is 0.0321. The SMILES string of the molecule is CSc1ccc2c(ccn2CCc2cc(=O)cc(OCC3CCCCO3)[nH]2)c1. The van der Waals surface area contributed by atoms with Gasteiger partial charge in [0.25, 0.3) is 0 Å². The fourth-order valence-electron chi connectivity index (χ4n) is 3.65. The standard InChI is InChI=1S/C22H26N2O3S/c1-28-20-5-6-21-16(12-20)7-9-24(21)10-8-17-13-18(25)14-22(23-17)27-15-19-4-2-3-11-26-19/h5-7,9,12-14,19H,2-4,8,10-11,15H2,1H3,(H,23,25). The van der Waals surface area contributed by atoms with Gasteiger partial charge in [0, 0.05) is 59.4 Å². The van der Waals surface area contributed by atoms with E-state index in [-0.39, 0.29) is 11.5 Å². The summed E-state index contributed by atoms with van der Waals surface area (Å²) in [6.45, 7) is 2.08. The lowest BCUT2D eigenvalue weighted by Gasteiger charge is -2.22. The van der Waals surface area contributed by atoms with E-state index in [4.69, 9.17) is 9.47 Å². The molecule has 148 valence electrons. The van der Waals surface area contributed by atoms with Crippen LogP contribution in [0.2, 0.25) is 0 Å². The second-order valence-electron chi connectivity index (χ2n) is 7.19. The average Bonchev–Trinajstić information content (AvgIpc) is 3.13. The van der Waals surface area contributed by atoms with Crippen molar-refractivity contribution in [1.29, 1.82) is 0 Å². The number of thioether (sulfide) groups is 1. The van der Waals surface area contributed by atoms with Crippen molar-refractivity contribution in [3.63, 3.8) is 0 Å². The molecule has 1 N–H and O–H groups in total. The molecular formula is C22H26N2O3S. The normalized spacial score (nSPS) is 17.1. The number of fused-ring (bicyclic) bond motifs is 1. The molecule has 0 bridgehead atoms. The Labute approximate surface area is 169 Å². The summed E-state index contributed by atoms with van der Waals surface area (Å²) in [5.41, 5.74) is 2.06. The van der Waals surface area contributed by atoms with Crippen LogP contribution in [0.5, 0.6) is 5.88 Å². The molecule has 0 aliphatic carbocycles. The molecule has 3 aromatic rings. The summed E-state index contributed by atoms with van der Waals surface area (Å²) in [5.74, 6) is 0.527. The van der Waals surface area contributed by atoms with Gasteiger partial charge >= 0.3 is 0 Å². The minimum Gasteiger partial charge on any atom is -0.476 e. The van der Waals surface area contributed by atoms with Crippen LogP contribution in [0.3, 0.4) is 0 Å². The second-order valence-corrected chi connectivity index (χ2v) is 8.07. The summed E-state index contributed by atoms with van der Waals surface area (Å²) in [5, 5.41) is 1.24. The fraction of sp³-hybridized carbons (Fsp3) is 0.409. The third-order valence-electron chi connectivity index (χ3n) is 5.17. The minimum atomic E-state index is -0.0321. The number of aryl methyl sites for hydroxylation is 2. The zero-order valence-electron chi connectivity index (χ0n) is 16.1. The lowest BCUT2D eigenvalue weighted by molar-refractivity contribution is -0.0120. The molecular weight excluding hydrogens is 372 g/mol. The van der Waals surface area contributed by atoms with Crippen LogP contribution in [0.15, 0.2) is 52.3 Å². The number of nitrogens with zero attached hydrogens (tertiary/aromatic N) is 1. The van der Waals surface area contributed by atoms with Crippen molar-refractivity contribution in [2.75, 3.05) is 19.5 Å². The Morgan fingerprint density at radius 3 is 3.00 bits per heavy atom. The number of aromatic amines is 1. The summed E-state index contributed by atoms with van der Waals surface area (Å²) < 4.78 is 13.7. The molecule has 0 amide bonds. The Kier molecular flexibility index (Phi) is 6.07. The quantitative estimate of drug-likeness (QED) is 0.605. The number of benzene rings is 1. The predicted octanol–water partition coefficient (Wildman–Crippen LogP) is 4.24. The molecule has 6 heteroatoms. The van der Waals surface area contributed by atoms with E-state index in [1.54, 1.807) is 17.8 Å². The van der Waals surface area contributed by atoms with Crippen molar-refractivity contribution < 1.29 is 9.47 Å². The van der Waals surface area contributed by atoms with Gasteiger partial charge in [0.05, 0.1) is 6.10 Å². The smallest absolute Gasteiger partial charge is 0.194 e. The Hall–Kier alpha value is -2.18. The van der Waals surface area contributed by atoms with Crippen LogP contribution in [0.4, 0.5) is 0 Å². The first-order valence-electron chi connectivity index (χ1n) is 9.82. The van der Waals surface area contributed by atoms with E-state index in [9.17, 15) is 4.79 Å². The molecule has 28 heavy (non-hydrogen) atoms. The highest BCUT2D eigenvalue weighted by molar-refractivity contribution is 7.98. The third kappa shape index (κ3) is 4.62. The maximum Gasteiger partial charge on any atom is 0.194 e. The average molecular weight is 399 g/mol. The zero-order valence-corrected chi connectivity index (χ0v) is 17.0. The van der Waals surface area contributed by atoms with Gasteiger partial charge in [-0.1, -0.05) is 0 Å². The number of hydrogen-bond acceptors (Lipinski definition) is 4. The largest absolute Gasteiger partial charge is 0.476 e. The third-order valence-corrected chi connectivity index (χ3v) is 5.90. The molecule has 1 aliphatic heterocycles. The number of hydrogen-bond donors (Lipinski definition) is 1. The van der Waals surface area contributed by atoms with E-state index >= 15 is 0 Å². The molecule has 4 rings (SSSR count). The van der Waals surface area contributed by atoms with Crippen molar-refractivity contribution in [3.8, 4) is 5.88 Å². The Morgan fingerprint density at radius 2 is 2.18 bits per heavy atom. The second kappa shape index (κ2) is 8.88. The molecule has 0 radical (unpaired) electrons. The predicted molar refractivity (Wildman–Crippen MR) is 114 cm³/mol. The monoisotopic (exact) mass is 398 g/mol. The van der Waals surface area contributed by atoms with Gasteiger partial charge in [-0.15, -0.1) is 11.8 Å². The van der Waals surface area contributed by atoms with Gasteiger partial charge in [-0.05, 0) is 49.8 Å². The molecule has 1 unspecified atom stereocenters. The van der Waals surface area contributed by atoms with E-state index in [0.717, 1.165) is 38.1 Å². The number of H-pyrrole nitrogens is 1. The zero-order chi connectivity index (χ0) is 19.3. The van der Waals surface area contributed by atoms with Crippen molar-refractivity contribution >= 4 is 22.7 Å². The lowest BCUT2D eigenvalue weighted by atomic mass is 10.1. The molecule has 1 saturated heterocycles. The van der Waals surface area contributed by atoms with Gasteiger partial charge in [-0.3, -0.25) is 4.79 Å². The van der Waals surface area contributed by atoms with Crippen molar-refractivity contribution in [2.24, 2.45) is 0 Å². The van der Waals surface area contributed by atoms with Crippen LogP contribution in [0.25, 0.3) is 10.9 Å². The highest BCUT2D eigenvalue weighted by Gasteiger charge is 2.14. The first kappa shape index (κ1) is 19.2. The summed E-state index contributed by atoms with van der Waals surface area (Å²) in [6.07, 6.45) is 8.36. The number of ether oxygens (including phenoxy) is 2. The van der Waals surface area contributed by atoms with E-state index in [0.29, 0.717) is 12.5 Å². The van der Waals surface area contributed by atoms with Crippen LogP contribution in [0, 0.1) is 0 Å². The van der Waals surface area contributed by atoms with Crippen LogP contribution in [-0.4, -0.2) is 35.1 Å². The summed E-state index contributed by atoms with van der Waals surface area (Å²) in [4.78, 5) is 16.6. The van der Waals surface area contributed by atoms with Gasteiger partial charge in [0.1, 0.15) is 6.61 Å². The van der Waals surface area contributed by atoms with E-state index in [2.05, 4.69) is 46.3 Å². The van der Waals surface area contributed by atoms with Crippen molar-refractivity contribution in [3.05, 3.63) is 58.5 Å². The first-order chi connectivity index (χ1) is 13.7. The van der Waals surface area contributed by atoms with Gasteiger partial charge < -0.3 is 19.0 Å². The van der Waals surface area contributed by atoms with Crippen LogP contribution in [0.1, 0.15) is 25.0 Å². The Morgan fingerprint density at radius 1 is 1.25 bits per heavy atom. The van der Waals surface area contributed by atoms with E-state index < -0.39 is 0 Å². The van der Waals surface area contributed by atoms with E-state index in [1.165, 1.54) is 28.3 Å². The van der Waals surface area contributed by atoms with Gasteiger partial charge in [-0.25, -0.2) is 0 Å². The molecule has 1 aromatic carbocycles. The molecule has 1 fully saturated rings. The molecule has 3 heterocycles. The van der Waals surface area contributed by atoms with Crippen LogP contribution < -0.4 is 10.2 Å². The first-order valence-corrected chi connectivity index (χ1v) is 11.0. The lowest BCUT2D eigenvalue weighted by Crippen LogP contribution is -2.26. The van der Waals surface area contributed by atoms with E-state index in [1.807, 2.05) is 0 Å². The van der Waals surface area contributed by atoms with Crippen LogP contribution >= 0.6 is 11.8 Å². The number of pyridine rings is 1. The Balaban J connectivity index is 1.42. The summed E-state index contributed by atoms with van der Waals surface area (Å²) in [6, 6.07) is 11.8. The summed E-state index contributed by atoms with van der Waals surface area (Å²) >= 11 is 1.75. The maximum absolute atomic E-state index is 12.1. The van der Waals surface area contributed by atoms with Crippen LogP contribution in [-0.2, 0) is 17.7 Å². The van der Waals surface area contributed by atoms with Crippen molar-refractivity contribution in [2.45, 2.75) is 43.2 Å². The topological polar surface area (TPSA) is 56.2 Å². The molecule has 0 saturated carbocycles. The van der Waals surface area contributed by atoms with Gasteiger partial charge in [0.15, 0.2) is 11.3 Å².